The molecule has 0 aromatic carbocycles. The summed E-state index contributed by atoms with van der Waals surface area (Å²) in [5.74, 6) is 0.698. The van der Waals surface area contributed by atoms with Gasteiger partial charge in [0.15, 0.2) is 0 Å². The first-order valence-electron chi connectivity index (χ1n) is 5.03. The third-order valence-electron chi connectivity index (χ3n) is 2.96. The van der Waals surface area contributed by atoms with Gasteiger partial charge in [0.2, 0.25) is 5.91 Å². The van der Waals surface area contributed by atoms with Gasteiger partial charge in [-0.25, -0.2) is 0 Å². The van der Waals surface area contributed by atoms with Crippen molar-refractivity contribution in [2.75, 3.05) is 13.6 Å². The van der Waals surface area contributed by atoms with E-state index in [2.05, 4.69) is 31.0 Å². The zero-order valence-electron chi connectivity index (χ0n) is 9.00. The Labute approximate surface area is 80.5 Å². The Bertz CT molecular complexity index is 191. The number of carbonyl (C=O) groups is 1. The van der Waals surface area contributed by atoms with E-state index >= 15 is 0 Å². The van der Waals surface area contributed by atoms with Gasteiger partial charge in [-0.1, -0.05) is 13.8 Å². The zero-order valence-corrected chi connectivity index (χ0v) is 9.00. The molecule has 2 atom stereocenters. The molecule has 3 heteroatoms. The largest absolute Gasteiger partial charge is 0.352 e. The van der Waals surface area contributed by atoms with E-state index in [4.69, 9.17) is 0 Å². The van der Waals surface area contributed by atoms with Crippen LogP contribution in [0.1, 0.15) is 27.2 Å². The van der Waals surface area contributed by atoms with Gasteiger partial charge in [-0.05, 0) is 26.3 Å². The van der Waals surface area contributed by atoms with Gasteiger partial charge in [0.25, 0.3) is 0 Å². The van der Waals surface area contributed by atoms with Gasteiger partial charge in [0.05, 0.1) is 6.04 Å². The minimum Gasteiger partial charge on any atom is -0.352 e. The van der Waals surface area contributed by atoms with Gasteiger partial charge in [-0.3, -0.25) is 9.69 Å². The van der Waals surface area contributed by atoms with E-state index in [-0.39, 0.29) is 18.0 Å². The van der Waals surface area contributed by atoms with Crippen molar-refractivity contribution >= 4 is 5.91 Å². The molecule has 0 aromatic rings. The summed E-state index contributed by atoms with van der Waals surface area (Å²) < 4.78 is 0. The average molecular weight is 184 g/mol. The Morgan fingerprint density at radius 1 is 1.46 bits per heavy atom. The highest BCUT2D eigenvalue weighted by Gasteiger charge is 2.31. The van der Waals surface area contributed by atoms with Crippen LogP contribution in [0, 0.1) is 5.92 Å². The lowest BCUT2D eigenvalue weighted by atomic mass is 10.0. The molecule has 1 N–H and O–H groups in total. The minimum atomic E-state index is 0.126. The van der Waals surface area contributed by atoms with Gasteiger partial charge in [-0.15, -0.1) is 0 Å². The van der Waals surface area contributed by atoms with Crippen LogP contribution in [-0.2, 0) is 4.79 Å². The molecule has 0 bridgehead atoms. The molecule has 1 rings (SSSR count). The maximum atomic E-state index is 11.6. The van der Waals surface area contributed by atoms with Gasteiger partial charge >= 0.3 is 0 Å². The standard InChI is InChI=1S/C10H20N2O/c1-7(2)8(3)11-10(13)9-5-6-12(9)4/h7-9H,5-6H2,1-4H3,(H,11,13)/t8-,9+/m1/s1. The van der Waals surface area contributed by atoms with Gasteiger partial charge in [-0.2, -0.15) is 0 Å². The Balaban J connectivity index is 2.32. The molecule has 1 heterocycles. The molecule has 1 aliphatic rings. The van der Waals surface area contributed by atoms with Crippen LogP contribution in [0.25, 0.3) is 0 Å². The molecule has 1 aliphatic heterocycles. The Kier molecular flexibility index (Phi) is 3.31. The quantitative estimate of drug-likeness (QED) is 0.705. The molecule has 0 aliphatic carbocycles. The number of rotatable bonds is 3. The summed E-state index contributed by atoms with van der Waals surface area (Å²) in [6.45, 7) is 7.35. The molecular weight excluding hydrogens is 164 g/mol. The number of likely N-dealkylation sites (N-methyl/N-ethyl adjacent to an activating group) is 1. The molecule has 13 heavy (non-hydrogen) atoms. The zero-order chi connectivity index (χ0) is 10.0. The van der Waals surface area contributed by atoms with E-state index < -0.39 is 0 Å². The molecule has 0 unspecified atom stereocenters. The second-order valence-electron chi connectivity index (χ2n) is 4.33. The van der Waals surface area contributed by atoms with Crippen LogP contribution in [0.5, 0.6) is 0 Å². The van der Waals surface area contributed by atoms with Crippen LogP contribution in [0.2, 0.25) is 0 Å². The lowest BCUT2D eigenvalue weighted by molar-refractivity contribution is -0.130. The molecule has 1 amide bonds. The first kappa shape index (κ1) is 10.5. The monoisotopic (exact) mass is 184 g/mol. The highest BCUT2D eigenvalue weighted by atomic mass is 16.2. The summed E-state index contributed by atoms with van der Waals surface area (Å²) in [5, 5.41) is 3.03. The summed E-state index contributed by atoms with van der Waals surface area (Å²) in [4.78, 5) is 13.7. The van der Waals surface area contributed by atoms with Gasteiger partial charge in [0, 0.05) is 12.6 Å². The Morgan fingerprint density at radius 3 is 2.38 bits per heavy atom. The third kappa shape index (κ3) is 2.44. The lowest BCUT2D eigenvalue weighted by Crippen LogP contribution is -2.55. The predicted octanol–water partition coefficient (Wildman–Crippen LogP) is 0.851. The number of amides is 1. The predicted molar refractivity (Wildman–Crippen MR) is 53.5 cm³/mol. The third-order valence-corrected chi connectivity index (χ3v) is 2.96. The molecule has 0 radical (unpaired) electrons. The summed E-state index contributed by atoms with van der Waals surface area (Å²) in [5.41, 5.74) is 0. The molecule has 0 saturated carbocycles. The number of nitrogens with zero attached hydrogens (tertiary/aromatic N) is 1. The van der Waals surface area contributed by atoms with Crippen LogP contribution in [0.4, 0.5) is 0 Å². The fraction of sp³-hybridized carbons (Fsp3) is 0.900. The average Bonchev–Trinajstić information content (AvgIpc) is 2.01. The van der Waals surface area contributed by atoms with E-state index in [1.54, 1.807) is 0 Å². The summed E-state index contributed by atoms with van der Waals surface area (Å²) in [7, 11) is 1.99. The molecule has 76 valence electrons. The number of likely N-dealkylation sites (tertiary alicyclic amines) is 1. The first-order valence-corrected chi connectivity index (χ1v) is 5.03. The SMILES string of the molecule is CC(C)[C@@H](C)NC(=O)[C@@H]1CCN1C. The lowest BCUT2D eigenvalue weighted by Gasteiger charge is -2.37. The smallest absolute Gasteiger partial charge is 0.237 e. The minimum absolute atomic E-state index is 0.126. The van der Waals surface area contributed by atoms with E-state index in [1.807, 2.05) is 7.05 Å². The highest BCUT2D eigenvalue weighted by molar-refractivity contribution is 5.82. The fourth-order valence-corrected chi connectivity index (χ4v) is 1.33. The molecule has 3 nitrogen and oxygen atoms in total. The van der Waals surface area contributed by atoms with Gasteiger partial charge in [0.1, 0.15) is 0 Å². The van der Waals surface area contributed by atoms with Crippen molar-refractivity contribution in [3.8, 4) is 0 Å². The van der Waals surface area contributed by atoms with Crippen molar-refractivity contribution in [2.24, 2.45) is 5.92 Å². The number of hydrogen-bond donors (Lipinski definition) is 1. The maximum absolute atomic E-state index is 11.6. The fourth-order valence-electron chi connectivity index (χ4n) is 1.33. The van der Waals surface area contributed by atoms with Crippen molar-refractivity contribution in [1.29, 1.82) is 0 Å². The first-order chi connectivity index (χ1) is 6.02. The Hall–Kier alpha value is -0.570. The van der Waals surface area contributed by atoms with Crippen molar-refractivity contribution < 1.29 is 4.79 Å². The second kappa shape index (κ2) is 4.09. The van der Waals surface area contributed by atoms with Crippen molar-refractivity contribution in [3.05, 3.63) is 0 Å². The van der Waals surface area contributed by atoms with Crippen LogP contribution in [0.15, 0.2) is 0 Å². The summed E-state index contributed by atoms with van der Waals surface area (Å²) in [6.07, 6.45) is 1.01. The summed E-state index contributed by atoms with van der Waals surface area (Å²) in [6, 6.07) is 0.405. The molecule has 1 fully saturated rings. The molecule has 1 saturated heterocycles. The normalized spacial score (nSPS) is 25.5. The van der Waals surface area contributed by atoms with E-state index in [0.717, 1.165) is 13.0 Å². The molecule has 0 aromatic heterocycles. The number of carbonyl (C=O) groups excluding carboxylic acids is 1. The Morgan fingerprint density at radius 2 is 2.08 bits per heavy atom. The maximum Gasteiger partial charge on any atom is 0.237 e. The van der Waals surface area contributed by atoms with Crippen molar-refractivity contribution in [3.63, 3.8) is 0 Å². The van der Waals surface area contributed by atoms with E-state index in [0.29, 0.717) is 5.92 Å². The van der Waals surface area contributed by atoms with Crippen LogP contribution in [0.3, 0.4) is 0 Å². The topological polar surface area (TPSA) is 32.3 Å². The number of nitrogens with one attached hydrogen (secondary N) is 1. The van der Waals surface area contributed by atoms with Crippen molar-refractivity contribution in [1.82, 2.24) is 10.2 Å². The second-order valence-corrected chi connectivity index (χ2v) is 4.33. The molecular formula is C10H20N2O. The number of hydrogen-bond acceptors (Lipinski definition) is 2. The summed E-state index contributed by atoms with van der Waals surface area (Å²) >= 11 is 0. The van der Waals surface area contributed by atoms with Crippen LogP contribution in [-0.4, -0.2) is 36.5 Å². The van der Waals surface area contributed by atoms with Gasteiger partial charge < -0.3 is 5.32 Å². The van der Waals surface area contributed by atoms with Crippen LogP contribution < -0.4 is 5.32 Å². The van der Waals surface area contributed by atoms with E-state index in [9.17, 15) is 4.79 Å². The van der Waals surface area contributed by atoms with E-state index in [1.165, 1.54) is 0 Å². The van der Waals surface area contributed by atoms with Crippen molar-refractivity contribution in [2.45, 2.75) is 39.3 Å². The molecule has 0 spiro atoms. The highest BCUT2D eigenvalue weighted by Crippen LogP contribution is 2.14. The van der Waals surface area contributed by atoms with Crippen LogP contribution >= 0.6 is 0 Å².